The van der Waals surface area contributed by atoms with Gasteiger partial charge < -0.3 is 9.47 Å². The topological polar surface area (TPSA) is 31.4 Å². The number of hydrogen-bond acceptors (Lipinski definition) is 4. The minimum Gasteiger partial charge on any atom is -0.454 e. The van der Waals surface area contributed by atoms with Crippen LogP contribution in [0.15, 0.2) is 45.9 Å². The number of aromatic nitrogens is 1. The summed E-state index contributed by atoms with van der Waals surface area (Å²) in [6, 6.07) is 12.5. The predicted molar refractivity (Wildman–Crippen MR) is 101 cm³/mol. The highest BCUT2D eigenvalue weighted by Gasteiger charge is 2.16. The summed E-state index contributed by atoms with van der Waals surface area (Å²) >= 11 is 5.35. The number of pyridine rings is 1. The Morgan fingerprint density at radius 1 is 1.08 bits per heavy atom. The molecule has 24 heavy (non-hydrogen) atoms. The van der Waals surface area contributed by atoms with E-state index in [2.05, 4.69) is 54.0 Å². The fourth-order valence-corrected chi connectivity index (χ4v) is 4.43. The van der Waals surface area contributed by atoms with Crippen molar-refractivity contribution in [2.24, 2.45) is 0 Å². The van der Waals surface area contributed by atoms with Gasteiger partial charge in [0.2, 0.25) is 6.79 Å². The lowest BCUT2D eigenvalue weighted by molar-refractivity contribution is 0.174. The molecule has 0 spiro atoms. The summed E-state index contributed by atoms with van der Waals surface area (Å²) in [7, 11) is 0. The van der Waals surface area contributed by atoms with Gasteiger partial charge in [0.25, 0.3) is 0 Å². The van der Waals surface area contributed by atoms with Gasteiger partial charge in [0.15, 0.2) is 11.5 Å². The molecule has 2 heterocycles. The Kier molecular flexibility index (Phi) is 4.14. The number of thioether (sulfide) groups is 1. The molecule has 3 nitrogen and oxygen atoms in total. The van der Waals surface area contributed by atoms with Gasteiger partial charge in [-0.05, 0) is 48.7 Å². The average molecular weight is 402 g/mol. The Hall–Kier alpha value is -1.72. The third-order valence-electron chi connectivity index (χ3n) is 4.14. The van der Waals surface area contributed by atoms with Gasteiger partial charge in [-0.3, -0.25) is 0 Å². The SMILES string of the molecule is Cc1cc(SCc2cc3c(cc2Br)OCO3)nc2c(C)cccc12. The van der Waals surface area contributed by atoms with Crippen molar-refractivity contribution in [2.75, 3.05) is 6.79 Å². The number of benzene rings is 2. The van der Waals surface area contributed by atoms with Crippen LogP contribution in [0.1, 0.15) is 16.7 Å². The van der Waals surface area contributed by atoms with Gasteiger partial charge in [-0.1, -0.05) is 34.1 Å². The molecule has 1 aliphatic heterocycles. The number of fused-ring (bicyclic) bond motifs is 2. The van der Waals surface area contributed by atoms with Crippen molar-refractivity contribution in [3.05, 3.63) is 57.6 Å². The minimum absolute atomic E-state index is 0.295. The van der Waals surface area contributed by atoms with Crippen molar-refractivity contribution < 1.29 is 9.47 Å². The van der Waals surface area contributed by atoms with Gasteiger partial charge in [0.1, 0.15) is 0 Å². The molecule has 0 aliphatic carbocycles. The first kappa shape index (κ1) is 15.8. The van der Waals surface area contributed by atoms with Crippen LogP contribution in [-0.2, 0) is 5.75 Å². The number of para-hydroxylation sites is 1. The molecule has 4 rings (SSSR count). The fourth-order valence-electron chi connectivity index (χ4n) is 2.83. The van der Waals surface area contributed by atoms with Crippen LogP contribution in [0.25, 0.3) is 10.9 Å². The van der Waals surface area contributed by atoms with Gasteiger partial charge in [0, 0.05) is 15.6 Å². The van der Waals surface area contributed by atoms with E-state index in [1.165, 1.54) is 22.1 Å². The Labute approximate surface area is 153 Å². The van der Waals surface area contributed by atoms with Crippen molar-refractivity contribution in [1.82, 2.24) is 4.98 Å². The smallest absolute Gasteiger partial charge is 0.231 e. The second-order valence-corrected chi connectivity index (χ2v) is 7.68. The second-order valence-electron chi connectivity index (χ2n) is 5.83. The molecule has 0 atom stereocenters. The van der Waals surface area contributed by atoms with Gasteiger partial charge in [-0.25, -0.2) is 4.98 Å². The highest BCUT2D eigenvalue weighted by molar-refractivity contribution is 9.10. The summed E-state index contributed by atoms with van der Waals surface area (Å²) in [6.07, 6.45) is 0. The molecule has 1 aromatic heterocycles. The Balaban J connectivity index is 1.62. The zero-order chi connectivity index (χ0) is 16.7. The summed E-state index contributed by atoms with van der Waals surface area (Å²) in [5.41, 5.74) is 4.73. The van der Waals surface area contributed by atoms with Gasteiger partial charge >= 0.3 is 0 Å². The van der Waals surface area contributed by atoms with Crippen LogP contribution in [0.4, 0.5) is 0 Å². The lowest BCUT2D eigenvalue weighted by Crippen LogP contribution is -1.93. The lowest BCUT2D eigenvalue weighted by Gasteiger charge is -2.09. The zero-order valence-corrected chi connectivity index (χ0v) is 15.8. The summed E-state index contributed by atoms with van der Waals surface area (Å²) < 4.78 is 11.9. The van der Waals surface area contributed by atoms with Gasteiger partial charge in [-0.2, -0.15) is 0 Å². The highest BCUT2D eigenvalue weighted by Crippen LogP contribution is 2.39. The van der Waals surface area contributed by atoms with Crippen LogP contribution in [-0.4, -0.2) is 11.8 Å². The van der Waals surface area contributed by atoms with Gasteiger partial charge in [0.05, 0.1) is 10.5 Å². The molecule has 0 bridgehead atoms. The Morgan fingerprint density at radius 3 is 2.71 bits per heavy atom. The molecule has 1 aliphatic rings. The lowest BCUT2D eigenvalue weighted by atomic mass is 10.1. The van der Waals surface area contributed by atoms with Crippen molar-refractivity contribution in [3.8, 4) is 11.5 Å². The number of nitrogens with zero attached hydrogens (tertiary/aromatic N) is 1. The number of aryl methyl sites for hydroxylation is 2. The first-order valence-electron chi connectivity index (χ1n) is 7.69. The molecule has 0 N–H and O–H groups in total. The summed E-state index contributed by atoms with van der Waals surface area (Å²) in [4.78, 5) is 4.84. The van der Waals surface area contributed by atoms with E-state index in [0.717, 1.165) is 32.3 Å². The Bertz CT molecular complexity index is 942. The standard InChI is InChI=1S/C19H16BrNO2S/c1-11-4-3-5-14-12(2)6-18(21-19(11)14)24-9-13-7-16-17(8-15(13)20)23-10-22-16/h3-8H,9-10H2,1-2H3. The van der Waals surface area contributed by atoms with Gasteiger partial charge in [-0.15, -0.1) is 11.8 Å². The summed E-state index contributed by atoms with van der Waals surface area (Å²) in [5.74, 6) is 2.43. The van der Waals surface area contributed by atoms with E-state index in [1.54, 1.807) is 11.8 Å². The van der Waals surface area contributed by atoms with Crippen LogP contribution in [0, 0.1) is 13.8 Å². The number of ether oxygens (including phenoxy) is 2. The number of rotatable bonds is 3. The molecule has 0 saturated heterocycles. The van der Waals surface area contributed by atoms with E-state index >= 15 is 0 Å². The fraction of sp³-hybridized carbons (Fsp3) is 0.211. The van der Waals surface area contributed by atoms with Crippen LogP contribution < -0.4 is 9.47 Å². The molecule has 0 unspecified atom stereocenters. The van der Waals surface area contributed by atoms with Crippen LogP contribution in [0.5, 0.6) is 11.5 Å². The Morgan fingerprint density at radius 2 is 1.88 bits per heavy atom. The molecule has 3 aromatic rings. The highest BCUT2D eigenvalue weighted by atomic mass is 79.9. The molecule has 0 saturated carbocycles. The maximum absolute atomic E-state index is 5.47. The maximum Gasteiger partial charge on any atom is 0.231 e. The first-order chi connectivity index (χ1) is 11.6. The largest absolute Gasteiger partial charge is 0.454 e. The first-order valence-corrected chi connectivity index (χ1v) is 9.47. The van der Waals surface area contributed by atoms with Crippen LogP contribution in [0.3, 0.4) is 0 Å². The number of halogens is 1. The molecule has 0 radical (unpaired) electrons. The molecule has 2 aromatic carbocycles. The molecule has 122 valence electrons. The van der Waals surface area contributed by atoms with Crippen molar-refractivity contribution in [2.45, 2.75) is 24.6 Å². The molecule has 5 heteroatoms. The van der Waals surface area contributed by atoms with Crippen molar-refractivity contribution in [1.29, 1.82) is 0 Å². The van der Waals surface area contributed by atoms with Crippen molar-refractivity contribution >= 4 is 38.6 Å². The van der Waals surface area contributed by atoms with E-state index in [9.17, 15) is 0 Å². The predicted octanol–water partition coefficient (Wildman–Crippen LogP) is 5.64. The summed E-state index contributed by atoms with van der Waals surface area (Å²) in [5, 5.41) is 2.27. The third-order valence-corrected chi connectivity index (χ3v) is 5.84. The van der Waals surface area contributed by atoms with Crippen molar-refractivity contribution in [3.63, 3.8) is 0 Å². The van der Waals surface area contributed by atoms with E-state index in [4.69, 9.17) is 14.5 Å². The maximum atomic E-state index is 5.47. The average Bonchev–Trinajstić information content (AvgIpc) is 3.01. The zero-order valence-electron chi connectivity index (χ0n) is 13.4. The van der Waals surface area contributed by atoms with E-state index in [1.807, 2.05) is 12.1 Å². The molecule has 0 fully saturated rings. The third kappa shape index (κ3) is 2.87. The monoisotopic (exact) mass is 401 g/mol. The van der Waals surface area contributed by atoms with Crippen LogP contribution in [0.2, 0.25) is 0 Å². The molecule has 0 amide bonds. The second kappa shape index (κ2) is 6.30. The number of hydrogen-bond donors (Lipinski definition) is 0. The normalized spacial score (nSPS) is 12.8. The van der Waals surface area contributed by atoms with Crippen LogP contribution >= 0.6 is 27.7 Å². The van der Waals surface area contributed by atoms with E-state index in [-0.39, 0.29) is 0 Å². The molecular formula is C19H16BrNO2S. The van der Waals surface area contributed by atoms with E-state index < -0.39 is 0 Å². The quantitative estimate of drug-likeness (QED) is 0.531. The van der Waals surface area contributed by atoms with E-state index in [0.29, 0.717) is 6.79 Å². The summed E-state index contributed by atoms with van der Waals surface area (Å²) in [6.45, 7) is 4.55. The molecular weight excluding hydrogens is 386 g/mol. The minimum atomic E-state index is 0.295.